The van der Waals surface area contributed by atoms with Gasteiger partial charge in [-0.15, -0.1) is 0 Å². The van der Waals surface area contributed by atoms with Gasteiger partial charge in [0.25, 0.3) is 0 Å². The predicted octanol–water partition coefficient (Wildman–Crippen LogP) is 8.22. The summed E-state index contributed by atoms with van der Waals surface area (Å²) in [4.78, 5) is 29.4. The summed E-state index contributed by atoms with van der Waals surface area (Å²) in [6, 6.07) is 8.91. The number of amides is 1. The minimum Gasteiger partial charge on any atom is -0.355 e. The van der Waals surface area contributed by atoms with Gasteiger partial charge in [0.1, 0.15) is 0 Å². The lowest BCUT2D eigenvalue weighted by molar-refractivity contribution is -0.128. The lowest BCUT2D eigenvalue weighted by Gasteiger charge is -2.05. The van der Waals surface area contributed by atoms with Crippen LogP contribution in [0.4, 0.5) is 0 Å². The second kappa shape index (κ2) is 12.2. The molecule has 0 aromatic carbocycles. The van der Waals surface area contributed by atoms with Crippen molar-refractivity contribution in [2.45, 2.75) is 88.0 Å². The molecule has 1 unspecified atom stereocenters. The average molecular weight is 542 g/mol. The van der Waals surface area contributed by atoms with Gasteiger partial charge in [-0.05, 0) is 105 Å². The van der Waals surface area contributed by atoms with Crippen molar-refractivity contribution in [3.05, 3.63) is 69.3 Å². The van der Waals surface area contributed by atoms with Crippen molar-refractivity contribution in [2.24, 2.45) is 0 Å². The van der Waals surface area contributed by atoms with E-state index >= 15 is 0 Å². The first-order valence-corrected chi connectivity index (χ1v) is 14.0. The predicted molar refractivity (Wildman–Crippen MR) is 171 cm³/mol. The smallest absolute Gasteiger partial charge is 0.221 e. The van der Waals surface area contributed by atoms with Crippen LogP contribution in [-0.4, -0.2) is 44.8 Å². The van der Waals surface area contributed by atoms with Crippen molar-refractivity contribution in [3.63, 3.8) is 0 Å². The molecular formula is C34H47N5O. The maximum absolute atomic E-state index is 10.4. The first kappa shape index (κ1) is 30.9. The third kappa shape index (κ3) is 5.91. The molecule has 1 atom stereocenters. The van der Waals surface area contributed by atoms with Gasteiger partial charge in [0.2, 0.25) is 5.91 Å². The van der Waals surface area contributed by atoms with Gasteiger partial charge in [-0.3, -0.25) is 9.78 Å². The van der Waals surface area contributed by atoms with Gasteiger partial charge in [0.15, 0.2) is 0 Å². The molecule has 0 radical (unpaired) electrons. The minimum absolute atomic E-state index is 0. The molecule has 6 nitrogen and oxygen atoms in total. The normalized spacial score (nSPS) is 14.4. The largest absolute Gasteiger partial charge is 0.355 e. The van der Waals surface area contributed by atoms with Crippen LogP contribution in [0.2, 0.25) is 0 Å². The molecule has 0 spiro atoms. The number of hydrogen-bond acceptors (Lipinski definition) is 3. The van der Waals surface area contributed by atoms with E-state index in [1.54, 1.807) is 19.0 Å². The number of nitrogens with zero attached hydrogens (tertiary/aromatic N) is 3. The zero-order valence-corrected chi connectivity index (χ0v) is 25.3. The van der Waals surface area contributed by atoms with Gasteiger partial charge in [-0.25, -0.2) is 4.98 Å². The van der Waals surface area contributed by atoms with Crippen molar-refractivity contribution in [1.29, 1.82) is 0 Å². The number of H-pyrrole nitrogens is 2. The summed E-state index contributed by atoms with van der Waals surface area (Å²) in [7, 11) is 3.51. The zero-order valence-electron chi connectivity index (χ0n) is 25.3. The monoisotopic (exact) mass is 541 g/mol. The Bertz CT molecular complexity index is 1620. The Kier molecular flexibility index (Phi) is 9.44. The molecule has 2 aliphatic rings. The SMILES string of the molecule is C.CCC(=O)N(C)C.CCc1c(C)c2cc3nc(cc4nc(c(C)c5cc(C)c(cc1[nH]2)[nH]5)CC4C)C(C)=C3C. The van der Waals surface area contributed by atoms with E-state index < -0.39 is 0 Å². The van der Waals surface area contributed by atoms with E-state index in [1.807, 2.05) is 6.92 Å². The van der Waals surface area contributed by atoms with E-state index in [0.29, 0.717) is 12.3 Å². The Morgan fingerprint density at radius 3 is 2.02 bits per heavy atom. The van der Waals surface area contributed by atoms with Crippen LogP contribution in [0.25, 0.3) is 33.2 Å². The van der Waals surface area contributed by atoms with Crippen LogP contribution < -0.4 is 0 Å². The fraction of sp³-hybridized carbons (Fsp3) is 0.441. The average Bonchev–Trinajstić information content (AvgIpc) is 3.61. The number of nitrogens with one attached hydrogen (secondary N) is 2. The number of carbonyl (C=O) groups is 1. The van der Waals surface area contributed by atoms with Crippen LogP contribution in [0.5, 0.6) is 0 Å². The van der Waals surface area contributed by atoms with Crippen LogP contribution in [0.3, 0.4) is 0 Å². The molecule has 0 aliphatic carbocycles. The summed E-state index contributed by atoms with van der Waals surface area (Å²) < 4.78 is 0. The highest BCUT2D eigenvalue weighted by Crippen LogP contribution is 2.33. The van der Waals surface area contributed by atoms with E-state index in [0.717, 1.165) is 46.5 Å². The first-order chi connectivity index (χ1) is 18.4. The number of fused-ring (bicyclic) bond motifs is 8. The van der Waals surface area contributed by atoms with Crippen molar-refractivity contribution in [3.8, 4) is 0 Å². The molecule has 8 bridgehead atoms. The molecule has 0 fully saturated rings. The van der Waals surface area contributed by atoms with Gasteiger partial charge in [0.05, 0.1) is 11.4 Å². The molecule has 6 heteroatoms. The highest BCUT2D eigenvalue weighted by molar-refractivity contribution is 5.91. The van der Waals surface area contributed by atoms with Gasteiger partial charge >= 0.3 is 0 Å². The summed E-state index contributed by atoms with van der Waals surface area (Å²) in [6.07, 6.45) is 2.55. The fourth-order valence-corrected chi connectivity index (χ4v) is 5.30. The third-order valence-electron chi connectivity index (χ3n) is 8.19. The molecule has 2 N–H and O–H groups in total. The Labute approximate surface area is 240 Å². The van der Waals surface area contributed by atoms with Crippen LogP contribution >= 0.6 is 0 Å². The number of allylic oxidation sites excluding steroid dienone is 2. The number of aryl methyl sites for hydroxylation is 4. The molecule has 5 rings (SSSR count). The molecule has 5 heterocycles. The maximum Gasteiger partial charge on any atom is 0.221 e. The standard InChI is InChI=1S/C28H32N4.C5H11NO.CH4/c1-8-20-18(6)27-13-26-17(5)16(4)25(31-26)11-21-14(2)9-23(29-21)19(7)24-10-15(3)22(30-24)12-28(20)32-27;1-4-5(7)6(2)3;/h10-14,30,32H,8-9H2,1-7H3;4H2,1-3H3;1H4. The Morgan fingerprint density at radius 2 is 1.45 bits per heavy atom. The van der Waals surface area contributed by atoms with Gasteiger partial charge in [-0.2, -0.15) is 0 Å². The number of rotatable bonds is 2. The van der Waals surface area contributed by atoms with Crippen LogP contribution in [0, 0.1) is 20.8 Å². The van der Waals surface area contributed by atoms with Crippen molar-refractivity contribution < 1.29 is 4.79 Å². The Hall–Kier alpha value is -3.67. The van der Waals surface area contributed by atoms with Crippen LogP contribution in [0.15, 0.2) is 24.3 Å². The Morgan fingerprint density at radius 1 is 0.850 bits per heavy atom. The highest BCUT2D eigenvalue weighted by Gasteiger charge is 2.20. The van der Waals surface area contributed by atoms with Gasteiger partial charge in [0, 0.05) is 59.9 Å². The molecular weight excluding hydrogens is 494 g/mol. The molecule has 214 valence electrons. The molecule has 3 aromatic heterocycles. The molecule has 1 amide bonds. The lowest BCUT2D eigenvalue weighted by atomic mass is 10.0. The summed E-state index contributed by atoms with van der Waals surface area (Å²) in [5, 5.41) is 0. The maximum atomic E-state index is 10.4. The van der Waals surface area contributed by atoms with Crippen molar-refractivity contribution in [1.82, 2.24) is 24.8 Å². The van der Waals surface area contributed by atoms with E-state index in [9.17, 15) is 4.79 Å². The van der Waals surface area contributed by atoms with E-state index in [1.165, 1.54) is 44.6 Å². The van der Waals surface area contributed by atoms with Gasteiger partial charge in [-0.1, -0.05) is 28.2 Å². The Balaban J connectivity index is 0.000000492. The summed E-state index contributed by atoms with van der Waals surface area (Å²) in [5.74, 6) is 0.571. The van der Waals surface area contributed by atoms with Crippen molar-refractivity contribution >= 4 is 39.1 Å². The van der Waals surface area contributed by atoms with Crippen LogP contribution in [0.1, 0.15) is 99.4 Å². The first-order valence-electron chi connectivity index (χ1n) is 14.0. The van der Waals surface area contributed by atoms with Crippen LogP contribution in [-0.2, 0) is 17.6 Å². The van der Waals surface area contributed by atoms with E-state index in [-0.39, 0.29) is 13.3 Å². The number of aromatic amines is 2. The second-order valence-corrected chi connectivity index (χ2v) is 11.1. The highest BCUT2D eigenvalue weighted by atomic mass is 16.2. The molecule has 2 aliphatic heterocycles. The molecule has 40 heavy (non-hydrogen) atoms. The summed E-state index contributed by atoms with van der Waals surface area (Å²) >= 11 is 0. The van der Waals surface area contributed by atoms with Gasteiger partial charge < -0.3 is 14.9 Å². The number of aromatic nitrogens is 4. The third-order valence-corrected chi connectivity index (χ3v) is 8.19. The zero-order chi connectivity index (χ0) is 28.6. The molecule has 0 saturated carbocycles. The minimum atomic E-state index is 0. The molecule has 3 aromatic rings. The van der Waals surface area contributed by atoms with E-state index in [2.05, 4.69) is 82.7 Å². The number of hydrogen-bond donors (Lipinski definition) is 2. The summed E-state index contributed by atoms with van der Waals surface area (Å²) in [6.45, 7) is 17.2. The summed E-state index contributed by atoms with van der Waals surface area (Å²) in [5.41, 5.74) is 16.6. The van der Waals surface area contributed by atoms with Crippen molar-refractivity contribution in [2.75, 3.05) is 14.1 Å². The lowest BCUT2D eigenvalue weighted by Crippen LogP contribution is -2.19. The quantitative estimate of drug-likeness (QED) is 0.343. The topological polar surface area (TPSA) is 77.7 Å². The molecule has 0 saturated heterocycles. The van der Waals surface area contributed by atoms with E-state index in [4.69, 9.17) is 9.97 Å². The second-order valence-electron chi connectivity index (χ2n) is 11.1. The fourth-order valence-electron chi connectivity index (χ4n) is 5.30. The number of carbonyl (C=O) groups excluding carboxylic acids is 1.